The lowest BCUT2D eigenvalue weighted by atomic mass is 10.1. The van der Waals surface area contributed by atoms with Gasteiger partial charge in [-0.1, -0.05) is 30.3 Å². The largest absolute Gasteiger partial charge is 0.330 e. The van der Waals surface area contributed by atoms with Crippen LogP contribution in [0, 0.1) is 0 Å². The highest BCUT2D eigenvalue weighted by Crippen LogP contribution is 2.29. The van der Waals surface area contributed by atoms with Crippen molar-refractivity contribution in [2.24, 2.45) is 5.14 Å². The van der Waals surface area contributed by atoms with Gasteiger partial charge in [-0.3, -0.25) is 0 Å². The van der Waals surface area contributed by atoms with Gasteiger partial charge in [0.25, 0.3) is 15.9 Å². The summed E-state index contributed by atoms with van der Waals surface area (Å²) >= 11 is 0. The van der Waals surface area contributed by atoms with E-state index in [9.17, 15) is 17.2 Å². The van der Waals surface area contributed by atoms with Crippen LogP contribution in [0.1, 0.15) is 5.56 Å². The zero-order chi connectivity index (χ0) is 14.1. The van der Waals surface area contributed by atoms with Gasteiger partial charge >= 0.3 is 0 Å². The van der Waals surface area contributed by atoms with Gasteiger partial charge < -0.3 is 4.57 Å². The molecule has 19 heavy (non-hydrogen) atoms. The lowest BCUT2D eigenvalue weighted by Crippen LogP contribution is -2.20. The van der Waals surface area contributed by atoms with E-state index < -0.39 is 27.5 Å². The molecule has 0 spiro atoms. The van der Waals surface area contributed by atoms with Gasteiger partial charge in [0.05, 0.1) is 12.9 Å². The van der Waals surface area contributed by atoms with Gasteiger partial charge in [0.2, 0.25) is 0 Å². The number of halogens is 2. The average molecular weight is 287 g/mol. The first kappa shape index (κ1) is 13.6. The van der Waals surface area contributed by atoms with Gasteiger partial charge in [-0.15, -0.1) is 0 Å². The van der Waals surface area contributed by atoms with Crippen LogP contribution in [0.25, 0.3) is 0 Å². The van der Waals surface area contributed by atoms with Crippen molar-refractivity contribution in [1.82, 2.24) is 9.55 Å². The molecule has 5 nitrogen and oxygen atoms in total. The molecule has 2 rings (SSSR count). The molecular formula is C11H11F2N3O2S. The summed E-state index contributed by atoms with van der Waals surface area (Å²) in [7, 11) is -3.98. The number of sulfonamides is 1. The van der Waals surface area contributed by atoms with Crippen molar-refractivity contribution in [3.63, 3.8) is 0 Å². The van der Waals surface area contributed by atoms with Crippen LogP contribution in [0.2, 0.25) is 0 Å². The van der Waals surface area contributed by atoms with Crippen molar-refractivity contribution >= 4 is 10.0 Å². The first-order valence-electron chi connectivity index (χ1n) is 5.27. The SMILES string of the molecule is NS(=O)(=O)c1cn(CC(F)(F)c2ccccc2)cn1. The summed E-state index contributed by atoms with van der Waals surface area (Å²) in [5.74, 6) is -3.13. The maximum atomic E-state index is 13.9. The van der Waals surface area contributed by atoms with Gasteiger partial charge in [0, 0.05) is 11.8 Å². The van der Waals surface area contributed by atoms with E-state index in [0.717, 1.165) is 17.1 Å². The summed E-state index contributed by atoms with van der Waals surface area (Å²) in [6, 6.07) is 7.25. The minimum absolute atomic E-state index is 0.152. The zero-order valence-electron chi connectivity index (χ0n) is 9.70. The first-order valence-corrected chi connectivity index (χ1v) is 6.81. The van der Waals surface area contributed by atoms with Crippen LogP contribution in [-0.2, 0) is 22.5 Å². The summed E-state index contributed by atoms with van der Waals surface area (Å²) in [4.78, 5) is 3.48. The standard InChI is InChI=1S/C11H11F2N3O2S/c12-11(13,9-4-2-1-3-5-9)7-16-6-10(15-8-16)19(14,17)18/h1-6,8H,7H2,(H2,14,17,18). The third-order valence-corrected chi connectivity index (χ3v) is 3.27. The average Bonchev–Trinajstić information content (AvgIpc) is 2.78. The van der Waals surface area contributed by atoms with E-state index in [-0.39, 0.29) is 5.56 Å². The highest BCUT2D eigenvalue weighted by atomic mass is 32.2. The molecule has 0 aliphatic carbocycles. The molecule has 0 aliphatic heterocycles. The lowest BCUT2D eigenvalue weighted by Gasteiger charge is -2.16. The van der Waals surface area contributed by atoms with Gasteiger partial charge in [-0.05, 0) is 0 Å². The topological polar surface area (TPSA) is 78.0 Å². The summed E-state index contributed by atoms with van der Waals surface area (Å²) in [5, 5.41) is 4.42. The molecule has 102 valence electrons. The van der Waals surface area contributed by atoms with Crippen LogP contribution < -0.4 is 5.14 Å². The highest BCUT2D eigenvalue weighted by Gasteiger charge is 2.32. The molecule has 0 fully saturated rings. The second kappa shape index (κ2) is 4.71. The Bertz CT molecular complexity index is 668. The fraction of sp³-hybridized carbons (Fsp3) is 0.182. The number of hydrogen-bond donors (Lipinski definition) is 1. The van der Waals surface area contributed by atoms with E-state index in [2.05, 4.69) is 4.98 Å². The Labute approximate surface area is 108 Å². The molecule has 8 heteroatoms. The van der Waals surface area contributed by atoms with E-state index in [0.29, 0.717) is 0 Å². The van der Waals surface area contributed by atoms with Crippen LogP contribution in [0.5, 0.6) is 0 Å². The molecule has 0 saturated carbocycles. The molecule has 0 saturated heterocycles. The number of imidazole rings is 1. The molecule has 0 radical (unpaired) electrons. The van der Waals surface area contributed by atoms with E-state index >= 15 is 0 Å². The maximum absolute atomic E-state index is 13.9. The zero-order valence-corrected chi connectivity index (χ0v) is 10.5. The fourth-order valence-corrected chi connectivity index (χ4v) is 2.05. The number of primary sulfonamides is 1. The number of nitrogens with zero attached hydrogens (tertiary/aromatic N) is 2. The summed E-state index contributed by atoms with van der Waals surface area (Å²) in [5.41, 5.74) is -0.152. The first-order chi connectivity index (χ1) is 8.79. The van der Waals surface area contributed by atoms with Crippen LogP contribution >= 0.6 is 0 Å². The predicted molar refractivity (Wildman–Crippen MR) is 63.9 cm³/mol. The second-order valence-corrected chi connectivity index (χ2v) is 5.51. The molecule has 2 aromatic rings. The van der Waals surface area contributed by atoms with Crippen molar-refractivity contribution < 1.29 is 17.2 Å². The Hall–Kier alpha value is -1.80. The quantitative estimate of drug-likeness (QED) is 0.921. The summed E-state index contributed by atoms with van der Waals surface area (Å²) < 4.78 is 50.8. The number of aromatic nitrogens is 2. The minimum Gasteiger partial charge on any atom is -0.330 e. The fourth-order valence-electron chi connectivity index (χ4n) is 1.58. The maximum Gasteiger partial charge on any atom is 0.290 e. The van der Waals surface area contributed by atoms with E-state index in [4.69, 9.17) is 5.14 Å². The van der Waals surface area contributed by atoms with Crippen molar-refractivity contribution in [1.29, 1.82) is 0 Å². The summed E-state index contributed by atoms with van der Waals surface area (Å²) in [6.45, 7) is -0.709. The monoisotopic (exact) mass is 287 g/mol. The van der Waals surface area contributed by atoms with Crippen LogP contribution in [0.4, 0.5) is 8.78 Å². The molecule has 1 heterocycles. The number of nitrogens with two attached hydrogens (primary N) is 1. The third kappa shape index (κ3) is 3.15. The van der Waals surface area contributed by atoms with Crippen molar-refractivity contribution in [2.75, 3.05) is 0 Å². The molecular weight excluding hydrogens is 276 g/mol. The molecule has 0 amide bonds. The van der Waals surface area contributed by atoms with Gasteiger partial charge in [-0.2, -0.15) is 8.78 Å². The van der Waals surface area contributed by atoms with Crippen LogP contribution in [0.3, 0.4) is 0 Å². The molecule has 1 aromatic heterocycles. The van der Waals surface area contributed by atoms with Crippen molar-refractivity contribution in [2.45, 2.75) is 17.5 Å². The number of hydrogen-bond acceptors (Lipinski definition) is 3. The third-order valence-electron chi connectivity index (χ3n) is 2.48. The number of alkyl halides is 2. The Morgan fingerprint density at radius 1 is 1.26 bits per heavy atom. The van der Waals surface area contributed by atoms with E-state index in [1.54, 1.807) is 6.07 Å². The van der Waals surface area contributed by atoms with Gasteiger partial charge in [0.1, 0.15) is 0 Å². The second-order valence-electron chi connectivity index (χ2n) is 4.00. The van der Waals surface area contributed by atoms with Gasteiger partial charge in [-0.25, -0.2) is 18.5 Å². The van der Waals surface area contributed by atoms with Crippen LogP contribution in [-0.4, -0.2) is 18.0 Å². The van der Waals surface area contributed by atoms with Crippen molar-refractivity contribution in [3.8, 4) is 0 Å². The highest BCUT2D eigenvalue weighted by molar-refractivity contribution is 7.89. The predicted octanol–water partition coefficient (Wildman–Crippen LogP) is 1.32. The molecule has 0 bridgehead atoms. The Kier molecular flexibility index (Phi) is 3.38. The molecule has 1 aromatic carbocycles. The van der Waals surface area contributed by atoms with Gasteiger partial charge in [0.15, 0.2) is 5.03 Å². The molecule has 0 atom stereocenters. The minimum atomic E-state index is -3.98. The lowest BCUT2D eigenvalue weighted by molar-refractivity contribution is -0.0223. The Morgan fingerprint density at radius 3 is 2.42 bits per heavy atom. The summed E-state index contributed by atoms with van der Waals surface area (Å²) in [6.07, 6.45) is 1.99. The number of rotatable bonds is 4. The number of benzene rings is 1. The Morgan fingerprint density at radius 2 is 1.89 bits per heavy atom. The smallest absolute Gasteiger partial charge is 0.290 e. The molecule has 0 unspecified atom stereocenters. The Balaban J connectivity index is 2.24. The molecule has 2 N–H and O–H groups in total. The molecule has 0 aliphatic rings. The van der Waals surface area contributed by atoms with E-state index in [1.165, 1.54) is 24.3 Å². The van der Waals surface area contributed by atoms with E-state index in [1.807, 2.05) is 0 Å². The normalized spacial score (nSPS) is 12.6. The van der Waals surface area contributed by atoms with Crippen LogP contribution in [0.15, 0.2) is 47.9 Å². The van der Waals surface area contributed by atoms with Crippen molar-refractivity contribution in [3.05, 3.63) is 48.4 Å².